The van der Waals surface area contributed by atoms with Crippen molar-refractivity contribution in [2.75, 3.05) is 6.61 Å². The van der Waals surface area contributed by atoms with Crippen LogP contribution >= 0.6 is 7.75 Å². The second-order valence-corrected chi connectivity index (χ2v) is 10.4. The van der Waals surface area contributed by atoms with Crippen molar-refractivity contribution in [1.82, 2.24) is 14.6 Å². The van der Waals surface area contributed by atoms with Crippen LogP contribution in [0.5, 0.6) is 5.75 Å². The van der Waals surface area contributed by atoms with Crippen LogP contribution in [0.2, 0.25) is 0 Å². The average Bonchev–Trinajstić information content (AvgIpc) is 3.01. The number of aromatic nitrogens is 2. The number of carbonyl (C=O) groups is 1. The summed E-state index contributed by atoms with van der Waals surface area (Å²) in [4.78, 5) is 37.9. The van der Waals surface area contributed by atoms with Gasteiger partial charge >= 0.3 is 19.4 Å². The van der Waals surface area contributed by atoms with Crippen molar-refractivity contribution in [3.63, 3.8) is 0 Å². The van der Waals surface area contributed by atoms with Crippen LogP contribution in [0, 0.1) is 0 Å². The predicted octanol–water partition coefficient (Wildman–Crippen LogP) is 0.679. The Morgan fingerprint density at radius 1 is 1.25 bits per heavy atom. The largest absolute Gasteiger partial charge is 0.462 e. The van der Waals surface area contributed by atoms with Gasteiger partial charge in [0.15, 0.2) is 6.23 Å². The van der Waals surface area contributed by atoms with Crippen molar-refractivity contribution in [3.05, 3.63) is 63.4 Å². The molecule has 1 aromatic heterocycles. The van der Waals surface area contributed by atoms with Crippen LogP contribution in [0.1, 0.15) is 33.9 Å². The summed E-state index contributed by atoms with van der Waals surface area (Å²) in [6.07, 6.45) is -3.54. The highest BCUT2D eigenvalue weighted by molar-refractivity contribution is 7.52. The summed E-state index contributed by atoms with van der Waals surface area (Å²) in [6, 6.07) is 8.02. The first-order valence-electron chi connectivity index (χ1n) is 11.2. The summed E-state index contributed by atoms with van der Waals surface area (Å²) in [5.74, 6) is -0.515. The molecule has 0 radical (unpaired) electrons. The van der Waals surface area contributed by atoms with E-state index in [9.17, 15) is 29.2 Å². The van der Waals surface area contributed by atoms with Gasteiger partial charge in [-0.25, -0.2) is 9.36 Å². The first-order valence-corrected chi connectivity index (χ1v) is 12.7. The van der Waals surface area contributed by atoms with E-state index >= 15 is 0 Å². The molecule has 0 saturated carbocycles. The number of nitrogens with zero attached hydrogens (tertiary/aromatic N) is 1. The smallest absolute Gasteiger partial charge is 0.459 e. The Hall–Kier alpha value is -2.80. The number of rotatable bonds is 10. The number of aliphatic hydroxyl groups excluding tert-OH is 1. The molecule has 2 unspecified atom stereocenters. The molecule has 0 spiro atoms. The average molecular weight is 527 g/mol. The highest BCUT2D eigenvalue weighted by Crippen LogP contribution is 2.46. The fourth-order valence-corrected chi connectivity index (χ4v) is 5.00. The number of aromatic amines is 1. The lowest BCUT2D eigenvalue weighted by atomic mass is 9.96. The SMILES string of the molecule is CC(C)OC(=O)[C@H](C)N[P@](=O)(OCC1OC(n2ccc(=O)[nH]c2=O)[C@@](C)(O)[C@@H]1O)Oc1ccccc1. The van der Waals surface area contributed by atoms with Crippen molar-refractivity contribution in [3.8, 4) is 5.75 Å². The maximum absolute atomic E-state index is 13.6. The number of nitrogens with one attached hydrogen (secondary N) is 2. The van der Waals surface area contributed by atoms with E-state index < -0.39 is 67.8 Å². The van der Waals surface area contributed by atoms with Gasteiger partial charge in [-0.05, 0) is 39.8 Å². The minimum atomic E-state index is -4.26. The van der Waals surface area contributed by atoms with Crippen molar-refractivity contribution < 1.29 is 38.1 Å². The Morgan fingerprint density at radius 3 is 2.53 bits per heavy atom. The third-order valence-corrected chi connectivity index (χ3v) is 6.94. The van der Waals surface area contributed by atoms with E-state index in [1.165, 1.54) is 26.0 Å². The third-order valence-electron chi connectivity index (χ3n) is 5.29. The number of hydrogen-bond donors (Lipinski definition) is 4. The van der Waals surface area contributed by atoms with E-state index in [4.69, 9.17) is 18.5 Å². The van der Waals surface area contributed by atoms with Gasteiger partial charge in [0, 0.05) is 12.3 Å². The Labute approximate surface area is 206 Å². The molecule has 2 heterocycles. The second-order valence-electron chi connectivity index (χ2n) is 8.75. The molecule has 2 aromatic rings. The monoisotopic (exact) mass is 527 g/mol. The maximum Gasteiger partial charge on any atom is 0.459 e. The van der Waals surface area contributed by atoms with Crippen LogP contribution in [-0.2, 0) is 23.4 Å². The number of para-hydroxylation sites is 1. The van der Waals surface area contributed by atoms with E-state index in [0.29, 0.717) is 0 Å². The molecule has 0 amide bonds. The van der Waals surface area contributed by atoms with E-state index in [2.05, 4.69) is 5.09 Å². The second kappa shape index (κ2) is 11.1. The van der Waals surface area contributed by atoms with Gasteiger partial charge in [-0.3, -0.25) is 23.7 Å². The van der Waals surface area contributed by atoms with E-state index in [1.54, 1.807) is 32.0 Å². The topological polar surface area (TPSA) is 178 Å². The molecule has 1 aliphatic rings. The van der Waals surface area contributed by atoms with Gasteiger partial charge < -0.3 is 24.2 Å². The van der Waals surface area contributed by atoms with E-state index in [1.807, 2.05) is 4.98 Å². The number of benzene rings is 1. The van der Waals surface area contributed by atoms with Gasteiger partial charge in [0.2, 0.25) is 0 Å². The zero-order chi connectivity index (χ0) is 26.7. The number of ether oxygens (including phenoxy) is 2. The highest BCUT2D eigenvalue weighted by atomic mass is 31.2. The summed E-state index contributed by atoms with van der Waals surface area (Å²) in [5, 5.41) is 24.0. The van der Waals surface area contributed by atoms with E-state index in [0.717, 1.165) is 16.8 Å². The van der Waals surface area contributed by atoms with Crippen LogP contribution in [0.4, 0.5) is 0 Å². The van der Waals surface area contributed by atoms with Crippen molar-refractivity contribution >= 4 is 13.7 Å². The van der Waals surface area contributed by atoms with Crippen molar-refractivity contribution in [2.24, 2.45) is 0 Å². The first-order chi connectivity index (χ1) is 16.8. The number of aliphatic hydroxyl groups is 2. The van der Waals surface area contributed by atoms with E-state index in [-0.39, 0.29) is 5.75 Å². The molecule has 3 rings (SSSR count). The fourth-order valence-electron chi connectivity index (χ4n) is 3.50. The molecular formula is C22H30N3O10P. The lowest BCUT2D eigenvalue weighted by Gasteiger charge is -2.27. The lowest BCUT2D eigenvalue weighted by Crippen LogP contribution is -2.47. The molecule has 14 heteroatoms. The Balaban J connectivity index is 1.80. The summed E-state index contributed by atoms with van der Waals surface area (Å²) in [5.41, 5.74) is -3.49. The van der Waals surface area contributed by atoms with Crippen LogP contribution in [0.25, 0.3) is 0 Å². The number of H-pyrrole nitrogens is 1. The molecule has 36 heavy (non-hydrogen) atoms. The van der Waals surface area contributed by atoms with Crippen molar-refractivity contribution in [1.29, 1.82) is 0 Å². The molecule has 13 nitrogen and oxygen atoms in total. The normalized spacial score (nSPS) is 26.4. The summed E-state index contributed by atoms with van der Waals surface area (Å²) in [6.45, 7) is 5.42. The molecule has 0 aliphatic carbocycles. The van der Waals surface area contributed by atoms with Gasteiger partial charge in [-0.2, -0.15) is 5.09 Å². The summed E-state index contributed by atoms with van der Waals surface area (Å²) in [7, 11) is -4.26. The minimum Gasteiger partial charge on any atom is -0.462 e. The van der Waals surface area contributed by atoms with Gasteiger partial charge in [0.05, 0.1) is 12.7 Å². The van der Waals surface area contributed by atoms with Crippen molar-refractivity contribution in [2.45, 2.75) is 63.9 Å². The van der Waals surface area contributed by atoms with Gasteiger partial charge in [0.1, 0.15) is 29.6 Å². The molecule has 4 N–H and O–H groups in total. The zero-order valence-corrected chi connectivity index (χ0v) is 21.1. The van der Waals surface area contributed by atoms with Crippen LogP contribution in [-0.4, -0.2) is 62.3 Å². The molecule has 0 bridgehead atoms. The zero-order valence-electron chi connectivity index (χ0n) is 20.2. The molecule has 1 fully saturated rings. The number of esters is 1. The molecular weight excluding hydrogens is 497 g/mol. The highest BCUT2D eigenvalue weighted by Gasteiger charge is 2.54. The van der Waals surface area contributed by atoms with Gasteiger partial charge in [0.25, 0.3) is 5.56 Å². The molecule has 6 atom stereocenters. The van der Waals surface area contributed by atoms with Gasteiger partial charge in [-0.15, -0.1) is 0 Å². The number of hydrogen-bond acceptors (Lipinski definition) is 10. The van der Waals surface area contributed by atoms with Crippen LogP contribution in [0.3, 0.4) is 0 Å². The van der Waals surface area contributed by atoms with Gasteiger partial charge in [-0.1, -0.05) is 18.2 Å². The Morgan fingerprint density at radius 2 is 1.92 bits per heavy atom. The Bertz CT molecular complexity index is 1210. The fraction of sp³-hybridized carbons (Fsp3) is 0.500. The van der Waals surface area contributed by atoms with Crippen LogP contribution < -0.4 is 20.9 Å². The third kappa shape index (κ3) is 6.49. The lowest BCUT2D eigenvalue weighted by molar-refractivity contribution is -0.149. The number of carbonyl (C=O) groups excluding carboxylic acids is 1. The molecule has 198 valence electrons. The molecule has 1 aliphatic heterocycles. The summed E-state index contributed by atoms with van der Waals surface area (Å²) >= 11 is 0. The minimum absolute atomic E-state index is 0.176. The molecule has 1 aromatic carbocycles. The quantitative estimate of drug-likeness (QED) is 0.252. The van der Waals surface area contributed by atoms with Crippen LogP contribution in [0.15, 0.2) is 52.2 Å². The Kier molecular flexibility index (Phi) is 8.55. The first kappa shape index (κ1) is 27.8. The molecule has 1 saturated heterocycles. The maximum atomic E-state index is 13.6. The summed E-state index contributed by atoms with van der Waals surface area (Å²) < 4.78 is 36.3. The standard InChI is InChI=1S/C22H30N3O10P/c1-13(2)33-19(28)14(3)24-36(31,35-15-8-6-5-7-9-15)32-12-16-18(27)22(4,30)20(34-16)25-11-10-17(26)23-21(25)29/h5-11,13-14,16,18,20,27,30H,12H2,1-4H3,(H,24,31)(H,23,26,29)/t14-,16?,18+,20?,22-,36-/m0/s1. The predicted molar refractivity (Wildman–Crippen MR) is 126 cm³/mol.